The lowest BCUT2D eigenvalue weighted by molar-refractivity contribution is -0.384. The van der Waals surface area contributed by atoms with Crippen LogP contribution in [-0.2, 0) is 9.63 Å². The van der Waals surface area contributed by atoms with Gasteiger partial charge >= 0.3 is 5.97 Å². The van der Waals surface area contributed by atoms with Crippen LogP contribution in [0.4, 0.5) is 5.69 Å². The molecule has 0 radical (unpaired) electrons. The van der Waals surface area contributed by atoms with Crippen LogP contribution in [0.25, 0.3) is 0 Å². The maximum Gasteiger partial charge on any atom is 0.337 e. The maximum atomic E-state index is 11.1. The van der Waals surface area contributed by atoms with Crippen molar-refractivity contribution in [2.45, 2.75) is 13.8 Å². The second kappa shape index (κ2) is 5.76. The summed E-state index contributed by atoms with van der Waals surface area (Å²) in [4.78, 5) is 25.7. The van der Waals surface area contributed by atoms with E-state index in [1.807, 2.05) is 0 Å². The average Bonchev–Trinajstić information content (AvgIpc) is 2.35. The molecule has 7 heteroatoms. The van der Waals surface area contributed by atoms with Crippen molar-refractivity contribution in [3.63, 3.8) is 0 Å². The Labute approximate surface area is 103 Å². The Morgan fingerprint density at radius 2 is 1.94 bits per heavy atom. The topological polar surface area (TPSA) is 108 Å². The van der Waals surface area contributed by atoms with Crippen molar-refractivity contribution < 1.29 is 14.6 Å². The molecule has 0 saturated carbocycles. The number of nitrogens with zero attached hydrogens (tertiary/aromatic N) is 2. The highest BCUT2D eigenvalue weighted by Crippen LogP contribution is 2.11. The van der Waals surface area contributed by atoms with Crippen LogP contribution in [0, 0.1) is 16.0 Å². The molecule has 0 spiro atoms. The van der Waals surface area contributed by atoms with Gasteiger partial charge < -0.3 is 10.6 Å². The molecule has 0 aromatic heterocycles. The van der Waals surface area contributed by atoms with Gasteiger partial charge in [0, 0.05) is 17.7 Å². The smallest absolute Gasteiger partial charge is 0.337 e. The van der Waals surface area contributed by atoms with E-state index in [0.29, 0.717) is 5.56 Å². The molecule has 18 heavy (non-hydrogen) atoms. The Morgan fingerprint density at radius 1 is 1.39 bits per heavy atom. The van der Waals surface area contributed by atoms with E-state index < -0.39 is 10.9 Å². The number of oxime groups is 1. The lowest BCUT2D eigenvalue weighted by atomic mass is 10.2. The van der Waals surface area contributed by atoms with Crippen molar-refractivity contribution in [1.29, 1.82) is 0 Å². The minimum atomic E-state index is -0.518. The van der Waals surface area contributed by atoms with E-state index in [0.717, 1.165) is 0 Å². The molecule has 0 fully saturated rings. The zero-order chi connectivity index (χ0) is 13.7. The third-order valence-corrected chi connectivity index (χ3v) is 2.08. The van der Waals surface area contributed by atoms with Crippen LogP contribution >= 0.6 is 0 Å². The van der Waals surface area contributed by atoms with Crippen LogP contribution in [0.2, 0.25) is 0 Å². The zero-order valence-corrected chi connectivity index (χ0v) is 9.99. The lowest BCUT2D eigenvalue weighted by Gasteiger charge is -2.02. The van der Waals surface area contributed by atoms with Crippen molar-refractivity contribution in [1.82, 2.24) is 0 Å². The van der Waals surface area contributed by atoms with Gasteiger partial charge in [-0.3, -0.25) is 10.1 Å². The van der Waals surface area contributed by atoms with E-state index in [4.69, 9.17) is 5.73 Å². The molecule has 0 heterocycles. The molecule has 0 unspecified atom stereocenters. The summed E-state index contributed by atoms with van der Waals surface area (Å²) in [7, 11) is 0. The van der Waals surface area contributed by atoms with Crippen LogP contribution in [-0.4, -0.2) is 16.7 Å². The number of amidine groups is 1. The molecule has 0 saturated heterocycles. The molecule has 1 rings (SSSR count). The SMILES string of the molecule is CC(C)C(=O)ON=C(N)c1ccc([N+](=O)[O-])cc1. The van der Waals surface area contributed by atoms with E-state index >= 15 is 0 Å². The van der Waals surface area contributed by atoms with E-state index in [9.17, 15) is 14.9 Å². The molecule has 7 nitrogen and oxygen atoms in total. The van der Waals surface area contributed by atoms with E-state index in [1.165, 1.54) is 24.3 Å². The van der Waals surface area contributed by atoms with Crippen molar-refractivity contribution >= 4 is 17.5 Å². The summed E-state index contributed by atoms with van der Waals surface area (Å²) in [5.41, 5.74) is 5.96. The molecular formula is C11H13N3O4. The van der Waals surface area contributed by atoms with Gasteiger partial charge in [-0.05, 0) is 12.1 Å². The van der Waals surface area contributed by atoms with E-state index in [1.54, 1.807) is 13.8 Å². The van der Waals surface area contributed by atoms with Gasteiger partial charge in [0.2, 0.25) is 0 Å². The first-order valence-electron chi connectivity index (χ1n) is 5.21. The highest BCUT2D eigenvalue weighted by molar-refractivity contribution is 5.97. The first-order valence-corrected chi connectivity index (χ1v) is 5.21. The summed E-state index contributed by atoms with van der Waals surface area (Å²) in [6.45, 7) is 3.33. The highest BCUT2D eigenvalue weighted by atomic mass is 16.7. The van der Waals surface area contributed by atoms with Gasteiger partial charge in [-0.15, -0.1) is 0 Å². The average molecular weight is 251 g/mol. The van der Waals surface area contributed by atoms with Gasteiger partial charge in [-0.1, -0.05) is 19.0 Å². The molecule has 1 aromatic rings. The normalized spacial score (nSPS) is 11.4. The number of nitrogens with two attached hydrogens (primary N) is 1. The van der Waals surface area contributed by atoms with Gasteiger partial charge in [0.25, 0.3) is 5.69 Å². The summed E-state index contributed by atoms with van der Waals surface area (Å²) >= 11 is 0. The molecule has 0 amide bonds. The number of non-ortho nitro benzene ring substituents is 1. The molecule has 2 N–H and O–H groups in total. The predicted octanol–water partition coefficient (Wildman–Crippen LogP) is 1.41. The summed E-state index contributed by atoms with van der Waals surface area (Å²) in [6.07, 6.45) is 0. The monoisotopic (exact) mass is 251 g/mol. The first kappa shape index (κ1) is 13.6. The molecule has 0 aliphatic heterocycles. The van der Waals surface area contributed by atoms with Crippen LogP contribution in [0.15, 0.2) is 29.4 Å². The van der Waals surface area contributed by atoms with Crippen molar-refractivity contribution in [2.75, 3.05) is 0 Å². The number of carbonyl (C=O) groups excluding carboxylic acids is 1. The number of nitro benzene ring substituents is 1. The van der Waals surface area contributed by atoms with Crippen molar-refractivity contribution in [2.24, 2.45) is 16.8 Å². The van der Waals surface area contributed by atoms with Crippen molar-refractivity contribution in [3.05, 3.63) is 39.9 Å². The van der Waals surface area contributed by atoms with Crippen molar-refractivity contribution in [3.8, 4) is 0 Å². The van der Waals surface area contributed by atoms with Crippen LogP contribution < -0.4 is 5.73 Å². The standard InChI is InChI=1S/C11H13N3O4/c1-7(2)11(15)18-13-10(12)8-3-5-9(6-4-8)14(16)17/h3-7H,1-2H3,(H2,12,13). The minimum absolute atomic E-state index is 0.0149. The third-order valence-electron chi connectivity index (χ3n) is 2.08. The predicted molar refractivity (Wildman–Crippen MR) is 64.8 cm³/mol. The quantitative estimate of drug-likeness (QED) is 0.286. The minimum Gasteiger partial charge on any atom is -0.380 e. The first-order chi connectivity index (χ1) is 8.41. The summed E-state index contributed by atoms with van der Waals surface area (Å²) in [6, 6.07) is 5.45. The molecule has 0 aliphatic rings. The molecule has 0 atom stereocenters. The number of nitro groups is 1. The molecular weight excluding hydrogens is 238 g/mol. The summed E-state index contributed by atoms with van der Waals surface area (Å²) < 4.78 is 0. The molecule has 0 aliphatic carbocycles. The summed E-state index contributed by atoms with van der Waals surface area (Å²) in [5, 5.41) is 13.9. The Bertz CT molecular complexity index is 480. The largest absolute Gasteiger partial charge is 0.380 e. The van der Waals surface area contributed by atoms with Gasteiger partial charge in [0.1, 0.15) is 0 Å². The second-order valence-electron chi connectivity index (χ2n) is 3.85. The lowest BCUT2D eigenvalue weighted by Crippen LogP contribution is -2.16. The van der Waals surface area contributed by atoms with Crippen LogP contribution in [0.3, 0.4) is 0 Å². The fourth-order valence-electron chi connectivity index (χ4n) is 1.01. The highest BCUT2D eigenvalue weighted by Gasteiger charge is 2.10. The fourth-order valence-corrected chi connectivity index (χ4v) is 1.01. The number of rotatable bonds is 4. The Hall–Kier alpha value is -2.44. The van der Waals surface area contributed by atoms with Gasteiger partial charge in [0.05, 0.1) is 10.8 Å². The molecule has 96 valence electrons. The summed E-state index contributed by atoms with van der Waals surface area (Å²) in [5.74, 6) is -0.822. The number of benzene rings is 1. The van der Waals surface area contributed by atoms with Gasteiger partial charge in [0.15, 0.2) is 5.84 Å². The zero-order valence-electron chi connectivity index (χ0n) is 9.99. The molecule has 0 bridgehead atoms. The molecule has 1 aromatic carbocycles. The van der Waals surface area contributed by atoms with Gasteiger partial charge in [-0.25, -0.2) is 4.79 Å². The number of carbonyl (C=O) groups is 1. The second-order valence-corrected chi connectivity index (χ2v) is 3.85. The number of hydrogen-bond acceptors (Lipinski definition) is 5. The van der Waals surface area contributed by atoms with E-state index in [-0.39, 0.29) is 17.4 Å². The van der Waals surface area contributed by atoms with E-state index in [2.05, 4.69) is 9.99 Å². The maximum absolute atomic E-state index is 11.1. The Kier molecular flexibility index (Phi) is 4.36. The Balaban J connectivity index is 2.78. The van der Waals surface area contributed by atoms with Gasteiger partial charge in [-0.2, -0.15) is 0 Å². The third kappa shape index (κ3) is 3.55. The van der Waals surface area contributed by atoms with Crippen LogP contribution in [0.1, 0.15) is 19.4 Å². The number of hydrogen-bond donors (Lipinski definition) is 1. The van der Waals surface area contributed by atoms with Crippen LogP contribution in [0.5, 0.6) is 0 Å². The fraction of sp³-hybridized carbons (Fsp3) is 0.273. The Morgan fingerprint density at radius 3 is 2.39 bits per heavy atom.